The average molecular weight is 261 g/mol. The predicted octanol–water partition coefficient (Wildman–Crippen LogP) is 1.98. The van der Waals surface area contributed by atoms with Crippen LogP contribution in [0.25, 0.3) is 0 Å². The van der Waals surface area contributed by atoms with Gasteiger partial charge in [0.25, 0.3) is 0 Å². The number of nitrogens with one attached hydrogen (secondary N) is 1. The lowest BCUT2D eigenvalue weighted by Crippen LogP contribution is -2.44. The molecule has 1 atom stereocenters. The van der Waals surface area contributed by atoms with Crippen LogP contribution < -0.4 is 10.2 Å². The van der Waals surface area contributed by atoms with Gasteiger partial charge in [-0.05, 0) is 45.1 Å². The normalized spacial score (nSPS) is 21.4. The lowest BCUT2D eigenvalue weighted by atomic mass is 10.1. The maximum Gasteiger partial charge on any atom is 0.0399 e. The molecule has 1 saturated heterocycles. The number of aryl methyl sites for hydroxylation is 1. The van der Waals surface area contributed by atoms with Crippen LogP contribution in [0.5, 0.6) is 0 Å². The number of nitrogens with zero attached hydrogens (tertiary/aromatic N) is 2. The molecule has 1 unspecified atom stereocenters. The molecule has 2 rings (SSSR count). The van der Waals surface area contributed by atoms with Gasteiger partial charge in [-0.3, -0.25) is 0 Å². The number of anilines is 1. The first-order valence-electron chi connectivity index (χ1n) is 7.44. The fraction of sp³-hybridized carbons (Fsp3) is 0.625. The number of hydrogen-bond donors (Lipinski definition) is 1. The Morgan fingerprint density at radius 1 is 1.26 bits per heavy atom. The summed E-state index contributed by atoms with van der Waals surface area (Å²) in [6, 6.07) is 9.45. The van der Waals surface area contributed by atoms with E-state index in [0.29, 0.717) is 6.04 Å². The van der Waals surface area contributed by atoms with Gasteiger partial charge < -0.3 is 15.1 Å². The van der Waals surface area contributed by atoms with E-state index < -0.39 is 0 Å². The van der Waals surface area contributed by atoms with Crippen molar-refractivity contribution in [3.05, 3.63) is 29.8 Å². The topological polar surface area (TPSA) is 18.5 Å². The van der Waals surface area contributed by atoms with E-state index >= 15 is 0 Å². The second-order valence-electron chi connectivity index (χ2n) is 5.47. The van der Waals surface area contributed by atoms with E-state index in [4.69, 9.17) is 0 Å². The zero-order valence-corrected chi connectivity index (χ0v) is 12.5. The van der Waals surface area contributed by atoms with E-state index in [1.165, 1.54) is 30.8 Å². The fourth-order valence-electron chi connectivity index (χ4n) is 2.97. The molecule has 3 nitrogen and oxygen atoms in total. The summed E-state index contributed by atoms with van der Waals surface area (Å²) in [5.74, 6) is 0. The molecule has 0 spiro atoms. The summed E-state index contributed by atoms with van der Waals surface area (Å²) in [5.41, 5.74) is 2.90. The van der Waals surface area contributed by atoms with Crippen LogP contribution >= 0.6 is 0 Å². The molecule has 1 fully saturated rings. The lowest BCUT2D eigenvalue weighted by molar-refractivity contribution is 0.257. The van der Waals surface area contributed by atoms with Crippen LogP contribution in [-0.2, 0) is 6.42 Å². The van der Waals surface area contributed by atoms with E-state index in [1.54, 1.807) is 0 Å². The van der Waals surface area contributed by atoms with E-state index in [1.807, 2.05) is 7.05 Å². The van der Waals surface area contributed by atoms with Gasteiger partial charge in [-0.15, -0.1) is 0 Å². The quantitative estimate of drug-likeness (QED) is 0.894. The summed E-state index contributed by atoms with van der Waals surface area (Å²) in [6.07, 6.45) is 2.36. The van der Waals surface area contributed by atoms with Crippen molar-refractivity contribution in [3.63, 3.8) is 0 Å². The van der Waals surface area contributed by atoms with Crippen molar-refractivity contribution in [1.82, 2.24) is 10.2 Å². The van der Waals surface area contributed by atoms with E-state index in [9.17, 15) is 0 Å². The fourth-order valence-corrected chi connectivity index (χ4v) is 2.97. The monoisotopic (exact) mass is 261 g/mol. The summed E-state index contributed by atoms with van der Waals surface area (Å²) in [6.45, 7) is 6.78. The molecule has 3 heteroatoms. The van der Waals surface area contributed by atoms with Crippen LogP contribution in [0.4, 0.5) is 5.69 Å². The highest BCUT2D eigenvalue weighted by Crippen LogP contribution is 2.23. The Morgan fingerprint density at radius 3 is 2.79 bits per heavy atom. The SMILES string of the molecule is CCc1ccccc1N1CCCN(C)C(CNC)C1. The van der Waals surface area contributed by atoms with Gasteiger partial charge in [-0.1, -0.05) is 25.1 Å². The molecule has 1 aliphatic heterocycles. The summed E-state index contributed by atoms with van der Waals surface area (Å²) in [4.78, 5) is 5.06. The summed E-state index contributed by atoms with van der Waals surface area (Å²) in [5, 5.41) is 3.33. The molecule has 106 valence electrons. The van der Waals surface area contributed by atoms with Crippen LogP contribution in [0.2, 0.25) is 0 Å². The third kappa shape index (κ3) is 3.48. The Bertz CT molecular complexity index is 391. The van der Waals surface area contributed by atoms with Crippen molar-refractivity contribution >= 4 is 5.69 Å². The largest absolute Gasteiger partial charge is 0.370 e. The van der Waals surface area contributed by atoms with Gasteiger partial charge >= 0.3 is 0 Å². The molecule has 0 radical (unpaired) electrons. The average Bonchev–Trinajstić information content (AvgIpc) is 2.62. The molecule has 0 aromatic heterocycles. The van der Waals surface area contributed by atoms with Crippen LogP contribution in [0.3, 0.4) is 0 Å². The first kappa shape index (κ1) is 14.4. The first-order valence-corrected chi connectivity index (χ1v) is 7.44. The zero-order chi connectivity index (χ0) is 13.7. The Labute approximate surface area is 117 Å². The molecular weight excluding hydrogens is 234 g/mol. The highest BCUT2D eigenvalue weighted by molar-refractivity contribution is 5.54. The lowest BCUT2D eigenvalue weighted by Gasteiger charge is -2.31. The van der Waals surface area contributed by atoms with Crippen LogP contribution in [0, 0.1) is 0 Å². The summed E-state index contributed by atoms with van der Waals surface area (Å²) in [7, 11) is 4.29. The number of benzene rings is 1. The summed E-state index contributed by atoms with van der Waals surface area (Å²) >= 11 is 0. The van der Waals surface area contributed by atoms with Gasteiger partial charge in [0.05, 0.1) is 0 Å². The molecule has 0 aliphatic carbocycles. The van der Waals surface area contributed by atoms with Gasteiger partial charge in [0.1, 0.15) is 0 Å². The van der Waals surface area contributed by atoms with Gasteiger partial charge in [0, 0.05) is 31.4 Å². The standard InChI is InChI=1S/C16H27N3/c1-4-14-8-5-6-9-16(14)19-11-7-10-18(3)15(13-19)12-17-2/h5-6,8-9,15,17H,4,7,10-13H2,1-3H3. The molecule has 0 saturated carbocycles. The number of hydrogen-bond acceptors (Lipinski definition) is 3. The highest BCUT2D eigenvalue weighted by atomic mass is 15.2. The number of likely N-dealkylation sites (N-methyl/N-ethyl adjacent to an activating group) is 2. The van der Waals surface area contributed by atoms with Crippen LogP contribution in [0.1, 0.15) is 18.9 Å². The molecule has 1 aromatic rings. The Kier molecular flexibility index (Phi) is 5.23. The molecule has 0 amide bonds. The number of para-hydroxylation sites is 1. The van der Waals surface area contributed by atoms with E-state index in [-0.39, 0.29) is 0 Å². The van der Waals surface area contributed by atoms with Gasteiger partial charge in [-0.2, -0.15) is 0 Å². The van der Waals surface area contributed by atoms with Crippen molar-refractivity contribution in [1.29, 1.82) is 0 Å². The smallest absolute Gasteiger partial charge is 0.0399 e. The number of rotatable bonds is 4. The molecule has 1 heterocycles. The maximum atomic E-state index is 3.33. The Balaban J connectivity index is 2.18. The molecule has 1 N–H and O–H groups in total. The van der Waals surface area contributed by atoms with Gasteiger partial charge in [0.15, 0.2) is 0 Å². The van der Waals surface area contributed by atoms with Crippen molar-refractivity contribution in [3.8, 4) is 0 Å². The van der Waals surface area contributed by atoms with Crippen molar-refractivity contribution in [2.45, 2.75) is 25.8 Å². The van der Waals surface area contributed by atoms with Gasteiger partial charge in [-0.25, -0.2) is 0 Å². The maximum absolute atomic E-state index is 3.33. The first-order chi connectivity index (χ1) is 9.26. The molecule has 1 aliphatic rings. The molecule has 0 bridgehead atoms. The zero-order valence-electron chi connectivity index (χ0n) is 12.5. The van der Waals surface area contributed by atoms with Crippen LogP contribution in [-0.4, -0.2) is 51.2 Å². The van der Waals surface area contributed by atoms with Gasteiger partial charge in [0.2, 0.25) is 0 Å². The van der Waals surface area contributed by atoms with Crippen LogP contribution in [0.15, 0.2) is 24.3 Å². The minimum atomic E-state index is 0.595. The third-order valence-corrected chi connectivity index (χ3v) is 4.15. The van der Waals surface area contributed by atoms with Crippen molar-refractivity contribution in [2.75, 3.05) is 45.2 Å². The highest BCUT2D eigenvalue weighted by Gasteiger charge is 2.22. The van der Waals surface area contributed by atoms with Crippen molar-refractivity contribution < 1.29 is 0 Å². The van der Waals surface area contributed by atoms with E-state index in [0.717, 1.165) is 19.5 Å². The van der Waals surface area contributed by atoms with E-state index in [2.05, 4.69) is 53.4 Å². The van der Waals surface area contributed by atoms with Crippen molar-refractivity contribution in [2.24, 2.45) is 0 Å². The third-order valence-electron chi connectivity index (χ3n) is 4.15. The minimum absolute atomic E-state index is 0.595. The Hall–Kier alpha value is -1.06. The molecule has 19 heavy (non-hydrogen) atoms. The predicted molar refractivity (Wildman–Crippen MR) is 83.0 cm³/mol. The molecule has 1 aromatic carbocycles. The minimum Gasteiger partial charge on any atom is -0.370 e. The second-order valence-corrected chi connectivity index (χ2v) is 5.47. The Morgan fingerprint density at radius 2 is 2.05 bits per heavy atom. The summed E-state index contributed by atoms with van der Waals surface area (Å²) < 4.78 is 0. The molecular formula is C16H27N3. The second kappa shape index (κ2) is 6.92.